The summed E-state index contributed by atoms with van der Waals surface area (Å²) in [5.41, 5.74) is 0. The Bertz CT molecular complexity index is 407. The zero-order valence-corrected chi connectivity index (χ0v) is 19.0. The van der Waals surface area contributed by atoms with Crippen LogP contribution in [0.5, 0.6) is 0 Å². The first-order valence-electron chi connectivity index (χ1n) is 10.8. The lowest BCUT2D eigenvalue weighted by Gasteiger charge is -2.25. The third kappa shape index (κ3) is 6.82. The molecule has 5 nitrogen and oxygen atoms in total. The van der Waals surface area contributed by atoms with Crippen LogP contribution >= 0.6 is 24.0 Å². The number of aliphatic imine (C=N–C) groups is 1. The summed E-state index contributed by atoms with van der Waals surface area (Å²) in [5, 5.41) is 3.49. The van der Waals surface area contributed by atoms with Crippen LogP contribution in [0.3, 0.4) is 0 Å². The highest BCUT2D eigenvalue weighted by Crippen LogP contribution is 2.21. The molecule has 26 heavy (non-hydrogen) atoms. The van der Waals surface area contributed by atoms with Crippen LogP contribution < -0.4 is 5.32 Å². The van der Waals surface area contributed by atoms with E-state index in [4.69, 9.17) is 9.73 Å². The number of nitrogens with zero attached hydrogens (tertiary/aromatic N) is 3. The number of halogens is 1. The van der Waals surface area contributed by atoms with E-state index in [1.807, 2.05) is 0 Å². The van der Waals surface area contributed by atoms with Gasteiger partial charge in [0.15, 0.2) is 5.96 Å². The largest absolute Gasteiger partial charge is 0.376 e. The lowest BCUT2D eigenvalue weighted by Crippen LogP contribution is -2.42. The van der Waals surface area contributed by atoms with Crippen molar-refractivity contribution >= 4 is 29.9 Å². The van der Waals surface area contributed by atoms with E-state index in [9.17, 15) is 0 Å². The summed E-state index contributed by atoms with van der Waals surface area (Å²) < 4.78 is 6.09. The Labute approximate surface area is 177 Å². The molecule has 3 rings (SSSR count). The molecule has 1 saturated carbocycles. The second kappa shape index (κ2) is 12.4. The number of nitrogens with one attached hydrogen (secondary N) is 1. The molecule has 0 spiro atoms. The molecule has 2 aliphatic heterocycles. The molecule has 0 radical (unpaired) electrons. The van der Waals surface area contributed by atoms with Gasteiger partial charge in [-0.15, -0.1) is 24.0 Å². The number of rotatable bonds is 6. The summed E-state index contributed by atoms with van der Waals surface area (Å²) >= 11 is 0. The summed E-state index contributed by atoms with van der Waals surface area (Å²) in [6.07, 6.45) is 12.4. The lowest BCUT2D eigenvalue weighted by atomic mass is 10.1. The molecule has 1 aliphatic carbocycles. The van der Waals surface area contributed by atoms with Gasteiger partial charge in [0, 0.05) is 25.7 Å². The molecule has 0 amide bonds. The highest BCUT2D eigenvalue weighted by atomic mass is 127. The van der Waals surface area contributed by atoms with Crippen LogP contribution in [-0.4, -0.2) is 73.8 Å². The van der Waals surface area contributed by atoms with E-state index < -0.39 is 0 Å². The summed E-state index contributed by atoms with van der Waals surface area (Å²) in [4.78, 5) is 9.99. The Kier molecular flexibility index (Phi) is 10.6. The Morgan fingerprint density at radius 1 is 1.00 bits per heavy atom. The van der Waals surface area contributed by atoms with Gasteiger partial charge >= 0.3 is 0 Å². The molecule has 0 aromatic rings. The summed E-state index contributed by atoms with van der Waals surface area (Å²) in [5.74, 6) is 1.09. The van der Waals surface area contributed by atoms with Crippen molar-refractivity contribution < 1.29 is 4.74 Å². The maximum absolute atomic E-state index is 6.09. The van der Waals surface area contributed by atoms with Gasteiger partial charge in [0.2, 0.25) is 0 Å². The van der Waals surface area contributed by atoms with Crippen LogP contribution in [-0.2, 0) is 4.74 Å². The maximum atomic E-state index is 6.09. The van der Waals surface area contributed by atoms with E-state index in [2.05, 4.69) is 22.0 Å². The predicted molar refractivity (Wildman–Crippen MR) is 120 cm³/mol. The van der Waals surface area contributed by atoms with Crippen LogP contribution in [0.25, 0.3) is 0 Å². The number of likely N-dealkylation sites (tertiary alicyclic amines) is 2. The highest BCUT2D eigenvalue weighted by Gasteiger charge is 2.30. The number of ether oxygens (including phenoxy) is 1. The van der Waals surface area contributed by atoms with Crippen molar-refractivity contribution in [1.82, 2.24) is 15.1 Å². The number of hydrogen-bond donors (Lipinski definition) is 1. The first-order chi connectivity index (χ1) is 12.4. The van der Waals surface area contributed by atoms with Crippen LogP contribution in [0.2, 0.25) is 0 Å². The molecule has 3 aliphatic rings. The average molecular weight is 478 g/mol. The molecule has 3 fully saturated rings. The van der Waals surface area contributed by atoms with Crippen molar-refractivity contribution in [3.05, 3.63) is 0 Å². The molecule has 2 heterocycles. The van der Waals surface area contributed by atoms with Crippen LogP contribution in [0.4, 0.5) is 0 Å². The second-order valence-corrected chi connectivity index (χ2v) is 7.85. The molecule has 0 bridgehead atoms. The molecule has 152 valence electrons. The minimum Gasteiger partial charge on any atom is -0.376 e. The fraction of sp³-hybridized carbons (Fsp3) is 0.950. The molecule has 1 N–H and O–H groups in total. The second-order valence-electron chi connectivity index (χ2n) is 7.85. The van der Waals surface area contributed by atoms with Gasteiger partial charge < -0.3 is 15.0 Å². The van der Waals surface area contributed by atoms with Gasteiger partial charge in [0.05, 0.1) is 19.3 Å². The topological polar surface area (TPSA) is 40.1 Å². The molecular formula is C20H39IN4O. The fourth-order valence-electron chi connectivity index (χ4n) is 4.54. The molecule has 0 aromatic carbocycles. The van der Waals surface area contributed by atoms with Crippen LogP contribution in [0.1, 0.15) is 64.7 Å². The Hall–Kier alpha value is -0.0800. The van der Waals surface area contributed by atoms with Crippen molar-refractivity contribution in [3.63, 3.8) is 0 Å². The lowest BCUT2D eigenvalue weighted by molar-refractivity contribution is 0.0486. The van der Waals surface area contributed by atoms with Gasteiger partial charge in [-0.05, 0) is 52.1 Å². The zero-order valence-electron chi connectivity index (χ0n) is 16.6. The first-order valence-corrected chi connectivity index (χ1v) is 10.8. The van der Waals surface area contributed by atoms with Crippen molar-refractivity contribution in [3.8, 4) is 0 Å². The monoisotopic (exact) mass is 478 g/mol. The third-order valence-corrected chi connectivity index (χ3v) is 5.96. The predicted octanol–water partition coefficient (Wildman–Crippen LogP) is 3.48. The van der Waals surface area contributed by atoms with E-state index in [-0.39, 0.29) is 24.0 Å². The van der Waals surface area contributed by atoms with Crippen LogP contribution in [0, 0.1) is 0 Å². The minimum absolute atomic E-state index is 0. The summed E-state index contributed by atoms with van der Waals surface area (Å²) in [6.45, 7) is 9.50. The highest BCUT2D eigenvalue weighted by molar-refractivity contribution is 14.0. The summed E-state index contributed by atoms with van der Waals surface area (Å²) in [7, 11) is 0. The van der Waals surface area contributed by atoms with Gasteiger partial charge in [0.25, 0.3) is 0 Å². The average Bonchev–Trinajstić information content (AvgIpc) is 3.25. The van der Waals surface area contributed by atoms with E-state index in [0.29, 0.717) is 6.10 Å². The van der Waals surface area contributed by atoms with Crippen molar-refractivity contribution in [1.29, 1.82) is 0 Å². The standard InChI is InChI=1S/C20H38N4O.HI/c1-2-21-20(22-12-16-25-19-9-5-3-4-6-10-19)24-15-11-18(17-24)23-13-7-8-14-23;/h18-19H,2-17H2,1H3,(H,21,22);1H. The van der Waals surface area contributed by atoms with E-state index in [1.54, 1.807) is 0 Å². The molecule has 1 atom stereocenters. The van der Waals surface area contributed by atoms with Crippen molar-refractivity contribution in [2.45, 2.75) is 76.9 Å². The maximum Gasteiger partial charge on any atom is 0.194 e. The molecule has 2 saturated heterocycles. The summed E-state index contributed by atoms with van der Waals surface area (Å²) in [6, 6.07) is 0.730. The van der Waals surface area contributed by atoms with Crippen LogP contribution in [0.15, 0.2) is 4.99 Å². The normalized spacial score (nSPS) is 26.0. The Morgan fingerprint density at radius 3 is 2.42 bits per heavy atom. The molecule has 6 heteroatoms. The van der Waals surface area contributed by atoms with Crippen molar-refractivity contribution in [2.24, 2.45) is 4.99 Å². The van der Waals surface area contributed by atoms with Gasteiger partial charge in [-0.2, -0.15) is 0 Å². The minimum atomic E-state index is 0. The fourth-order valence-corrected chi connectivity index (χ4v) is 4.54. The Morgan fingerprint density at radius 2 is 1.73 bits per heavy atom. The van der Waals surface area contributed by atoms with E-state index in [0.717, 1.165) is 44.8 Å². The van der Waals surface area contributed by atoms with E-state index in [1.165, 1.54) is 70.9 Å². The van der Waals surface area contributed by atoms with Gasteiger partial charge in [-0.25, -0.2) is 0 Å². The molecule has 1 unspecified atom stereocenters. The third-order valence-electron chi connectivity index (χ3n) is 5.96. The SMILES string of the molecule is CCNC(=NCCOC1CCCCCC1)N1CCC(N2CCCC2)C1.I. The number of guanidine groups is 1. The van der Waals surface area contributed by atoms with Gasteiger partial charge in [-0.3, -0.25) is 9.89 Å². The quantitative estimate of drug-likeness (QED) is 0.209. The van der Waals surface area contributed by atoms with Crippen molar-refractivity contribution in [2.75, 3.05) is 45.9 Å². The molecular weight excluding hydrogens is 439 g/mol. The zero-order chi connectivity index (χ0) is 17.3. The number of hydrogen-bond acceptors (Lipinski definition) is 3. The smallest absolute Gasteiger partial charge is 0.194 e. The van der Waals surface area contributed by atoms with E-state index >= 15 is 0 Å². The van der Waals surface area contributed by atoms with Gasteiger partial charge in [-0.1, -0.05) is 25.7 Å². The Balaban J connectivity index is 0.00000243. The van der Waals surface area contributed by atoms with Gasteiger partial charge in [0.1, 0.15) is 0 Å². The first kappa shape index (κ1) is 22.2. The molecule has 0 aromatic heterocycles.